The number of carboxylic acid groups (broad SMARTS) is 1. The fourth-order valence-electron chi connectivity index (χ4n) is 1.99. The Morgan fingerprint density at radius 3 is 2.35 bits per heavy atom. The summed E-state index contributed by atoms with van der Waals surface area (Å²) in [7, 11) is 0. The lowest BCUT2D eigenvalue weighted by atomic mass is 9.97. The first kappa shape index (κ1) is 16.2. The van der Waals surface area contributed by atoms with Gasteiger partial charge in [0.1, 0.15) is 6.04 Å². The molecule has 0 radical (unpaired) electrons. The van der Waals surface area contributed by atoms with Crippen LogP contribution in [0, 0.1) is 11.8 Å². The van der Waals surface area contributed by atoms with Crippen LogP contribution in [0.15, 0.2) is 30.3 Å². The van der Waals surface area contributed by atoms with Crippen LogP contribution in [0.2, 0.25) is 0 Å². The summed E-state index contributed by atoms with van der Waals surface area (Å²) in [6.45, 7) is 4.01. The maximum atomic E-state index is 11.9. The molecule has 0 saturated carbocycles. The molecule has 0 bridgehead atoms. The van der Waals surface area contributed by atoms with Crippen molar-refractivity contribution in [1.29, 1.82) is 0 Å². The topological polar surface area (TPSA) is 92.4 Å². The van der Waals surface area contributed by atoms with Gasteiger partial charge >= 0.3 is 5.97 Å². The molecule has 20 heavy (non-hydrogen) atoms. The van der Waals surface area contributed by atoms with Gasteiger partial charge in [-0.1, -0.05) is 44.2 Å². The number of hydrogen-bond donors (Lipinski definition) is 3. The molecule has 0 aliphatic heterocycles. The maximum Gasteiger partial charge on any atom is 0.308 e. The van der Waals surface area contributed by atoms with Crippen LogP contribution in [-0.4, -0.2) is 23.5 Å². The Morgan fingerprint density at radius 1 is 1.25 bits per heavy atom. The summed E-state index contributed by atoms with van der Waals surface area (Å²) >= 11 is 0. The molecule has 4 N–H and O–H groups in total. The van der Waals surface area contributed by atoms with E-state index < -0.39 is 17.9 Å². The number of rotatable bonds is 7. The average molecular weight is 278 g/mol. The second-order valence-electron chi connectivity index (χ2n) is 5.30. The van der Waals surface area contributed by atoms with Crippen LogP contribution in [-0.2, 0) is 9.59 Å². The third kappa shape index (κ3) is 5.01. The van der Waals surface area contributed by atoms with Gasteiger partial charge in [0.2, 0.25) is 5.91 Å². The summed E-state index contributed by atoms with van der Waals surface area (Å²) < 4.78 is 0. The first-order valence-electron chi connectivity index (χ1n) is 6.72. The quantitative estimate of drug-likeness (QED) is 0.705. The predicted octanol–water partition coefficient (Wildman–Crippen LogP) is 1.55. The van der Waals surface area contributed by atoms with Crippen molar-refractivity contribution in [2.45, 2.75) is 26.3 Å². The molecule has 5 heteroatoms. The van der Waals surface area contributed by atoms with Crippen LogP contribution >= 0.6 is 0 Å². The minimum atomic E-state index is -0.896. The highest BCUT2D eigenvalue weighted by atomic mass is 16.4. The molecular formula is C15H22N2O3. The van der Waals surface area contributed by atoms with Gasteiger partial charge in [-0.05, 0) is 17.9 Å². The van der Waals surface area contributed by atoms with Gasteiger partial charge in [-0.25, -0.2) is 0 Å². The summed E-state index contributed by atoms with van der Waals surface area (Å²) in [6, 6.07) is 8.23. The average Bonchev–Trinajstić information content (AvgIpc) is 2.42. The summed E-state index contributed by atoms with van der Waals surface area (Å²) in [5.74, 6) is -1.57. The van der Waals surface area contributed by atoms with Crippen LogP contribution in [0.1, 0.15) is 31.9 Å². The van der Waals surface area contributed by atoms with E-state index in [1.165, 1.54) is 0 Å². The number of nitrogens with two attached hydrogens (primary N) is 1. The Balaban J connectivity index is 2.55. The van der Waals surface area contributed by atoms with Gasteiger partial charge in [0.25, 0.3) is 0 Å². The second-order valence-corrected chi connectivity index (χ2v) is 5.30. The van der Waals surface area contributed by atoms with Crippen molar-refractivity contribution in [1.82, 2.24) is 5.32 Å². The lowest BCUT2D eigenvalue weighted by Gasteiger charge is -2.17. The fraction of sp³-hybridized carbons (Fsp3) is 0.467. The van der Waals surface area contributed by atoms with E-state index in [9.17, 15) is 9.59 Å². The number of aliphatic carboxylic acids is 1. The molecule has 0 fully saturated rings. The molecule has 0 heterocycles. The van der Waals surface area contributed by atoms with E-state index in [-0.39, 0.29) is 18.4 Å². The number of carboxylic acids is 1. The van der Waals surface area contributed by atoms with Crippen LogP contribution in [0.4, 0.5) is 0 Å². The summed E-state index contributed by atoms with van der Waals surface area (Å²) in [5.41, 5.74) is 6.55. The lowest BCUT2D eigenvalue weighted by Crippen LogP contribution is -2.39. The number of carbonyl (C=O) groups excluding carboxylic acids is 1. The van der Waals surface area contributed by atoms with E-state index >= 15 is 0 Å². The Labute approximate surface area is 119 Å². The number of hydrogen-bond acceptors (Lipinski definition) is 3. The van der Waals surface area contributed by atoms with Crippen LogP contribution < -0.4 is 11.1 Å². The zero-order valence-corrected chi connectivity index (χ0v) is 11.9. The highest BCUT2D eigenvalue weighted by molar-refractivity contribution is 5.83. The number of carbonyl (C=O) groups is 2. The van der Waals surface area contributed by atoms with E-state index in [4.69, 9.17) is 10.8 Å². The molecule has 0 aliphatic rings. The molecule has 2 atom stereocenters. The molecule has 1 aromatic carbocycles. The van der Waals surface area contributed by atoms with Gasteiger partial charge in [-0.15, -0.1) is 0 Å². The largest absolute Gasteiger partial charge is 0.481 e. The Hall–Kier alpha value is -1.88. The van der Waals surface area contributed by atoms with Crippen molar-refractivity contribution in [2.75, 3.05) is 6.54 Å². The normalized spacial score (nSPS) is 13.8. The van der Waals surface area contributed by atoms with Gasteiger partial charge in [-0.3, -0.25) is 9.59 Å². The number of amides is 1. The van der Waals surface area contributed by atoms with Gasteiger partial charge < -0.3 is 16.2 Å². The summed E-state index contributed by atoms with van der Waals surface area (Å²) in [6.07, 6.45) is 0.524. The Morgan fingerprint density at radius 2 is 1.85 bits per heavy atom. The molecule has 0 spiro atoms. The van der Waals surface area contributed by atoms with Crippen molar-refractivity contribution >= 4 is 11.9 Å². The van der Waals surface area contributed by atoms with Crippen LogP contribution in [0.25, 0.3) is 0 Å². The van der Waals surface area contributed by atoms with Gasteiger partial charge in [0, 0.05) is 6.54 Å². The molecule has 0 aromatic heterocycles. The smallest absolute Gasteiger partial charge is 0.308 e. The van der Waals surface area contributed by atoms with E-state index in [2.05, 4.69) is 5.32 Å². The van der Waals surface area contributed by atoms with E-state index in [0.717, 1.165) is 0 Å². The monoisotopic (exact) mass is 278 g/mol. The Kier molecular flexibility index (Phi) is 6.18. The van der Waals surface area contributed by atoms with Crippen molar-refractivity contribution in [2.24, 2.45) is 17.6 Å². The number of benzene rings is 1. The lowest BCUT2D eigenvalue weighted by molar-refractivity contribution is -0.142. The third-order valence-corrected chi connectivity index (χ3v) is 3.07. The first-order valence-corrected chi connectivity index (χ1v) is 6.72. The molecule has 0 aliphatic carbocycles. The van der Waals surface area contributed by atoms with Crippen LogP contribution in [0.5, 0.6) is 0 Å². The summed E-state index contributed by atoms with van der Waals surface area (Å²) in [5, 5.41) is 11.7. The minimum Gasteiger partial charge on any atom is -0.481 e. The van der Waals surface area contributed by atoms with Gasteiger partial charge in [0.05, 0.1) is 5.92 Å². The molecule has 1 rings (SSSR count). The molecule has 5 nitrogen and oxygen atoms in total. The van der Waals surface area contributed by atoms with E-state index in [0.29, 0.717) is 12.0 Å². The summed E-state index contributed by atoms with van der Waals surface area (Å²) in [4.78, 5) is 23.0. The van der Waals surface area contributed by atoms with E-state index in [1.807, 2.05) is 19.9 Å². The Bertz CT molecular complexity index is 446. The molecule has 110 valence electrons. The predicted molar refractivity (Wildman–Crippen MR) is 77.0 cm³/mol. The van der Waals surface area contributed by atoms with Crippen molar-refractivity contribution in [3.8, 4) is 0 Å². The first-order chi connectivity index (χ1) is 9.41. The number of nitrogens with one attached hydrogen (secondary N) is 1. The second kappa shape index (κ2) is 7.65. The molecule has 1 amide bonds. The van der Waals surface area contributed by atoms with Gasteiger partial charge in [-0.2, -0.15) is 0 Å². The third-order valence-electron chi connectivity index (χ3n) is 3.07. The molecule has 1 unspecified atom stereocenters. The molecule has 0 saturated heterocycles. The fourth-order valence-corrected chi connectivity index (χ4v) is 1.99. The van der Waals surface area contributed by atoms with Crippen molar-refractivity contribution in [3.05, 3.63) is 35.9 Å². The zero-order chi connectivity index (χ0) is 15.1. The molecular weight excluding hydrogens is 256 g/mol. The van der Waals surface area contributed by atoms with E-state index in [1.54, 1.807) is 24.3 Å². The standard InChI is InChI=1S/C15H22N2O3/c1-10(2)8-12(15(19)20)9-17-14(18)13(16)11-6-4-3-5-7-11/h3-7,10,12-13H,8-9,16H2,1-2H3,(H,17,18)(H,19,20)/t12?,13-/m0/s1. The van der Waals surface area contributed by atoms with Crippen molar-refractivity contribution < 1.29 is 14.7 Å². The van der Waals surface area contributed by atoms with Gasteiger partial charge in [0.15, 0.2) is 0 Å². The maximum absolute atomic E-state index is 11.9. The highest BCUT2D eigenvalue weighted by Crippen LogP contribution is 2.13. The molecule has 1 aromatic rings. The highest BCUT2D eigenvalue weighted by Gasteiger charge is 2.22. The van der Waals surface area contributed by atoms with Crippen LogP contribution in [0.3, 0.4) is 0 Å². The zero-order valence-electron chi connectivity index (χ0n) is 11.9. The SMILES string of the molecule is CC(C)CC(CNC(=O)[C@@H](N)c1ccccc1)C(=O)O. The minimum absolute atomic E-state index is 0.104. The van der Waals surface area contributed by atoms with Crippen molar-refractivity contribution in [3.63, 3.8) is 0 Å².